The van der Waals surface area contributed by atoms with Gasteiger partial charge in [-0.25, -0.2) is 0 Å². The fourth-order valence-electron chi connectivity index (χ4n) is 3.29. The SMILES string of the molecule is CNc1ccc2c(O)c(/N=N/c3ccc(/N=N/c4ccc(S(=O)(=O)O)cc4)cc3)c(S(=O)(=O)O)cc2c1. The molecule has 4 aromatic rings. The molecule has 0 amide bonds. The Morgan fingerprint density at radius 3 is 1.68 bits per heavy atom. The Hall–Kier alpha value is -4.24. The van der Waals surface area contributed by atoms with Crippen molar-refractivity contribution in [1.82, 2.24) is 0 Å². The van der Waals surface area contributed by atoms with E-state index in [0.29, 0.717) is 33.5 Å². The Kier molecular flexibility index (Phi) is 7.00. The van der Waals surface area contributed by atoms with Gasteiger partial charge in [-0.3, -0.25) is 9.11 Å². The van der Waals surface area contributed by atoms with Crippen molar-refractivity contribution in [2.75, 3.05) is 12.4 Å². The van der Waals surface area contributed by atoms with E-state index >= 15 is 0 Å². The van der Waals surface area contributed by atoms with Gasteiger partial charge in [-0.15, -0.1) is 5.11 Å². The van der Waals surface area contributed by atoms with Crippen LogP contribution in [0.15, 0.2) is 103 Å². The van der Waals surface area contributed by atoms with Crippen LogP contribution in [0.2, 0.25) is 0 Å². The van der Waals surface area contributed by atoms with Gasteiger partial charge in [-0.2, -0.15) is 32.2 Å². The number of azo groups is 2. The largest absolute Gasteiger partial charge is 0.505 e. The number of phenolic OH excluding ortho intramolecular Hbond substituents is 1. The zero-order valence-corrected chi connectivity index (χ0v) is 20.6. The molecule has 4 rings (SSSR count). The van der Waals surface area contributed by atoms with E-state index < -0.39 is 36.6 Å². The highest BCUT2D eigenvalue weighted by Crippen LogP contribution is 2.42. The van der Waals surface area contributed by atoms with Gasteiger partial charge >= 0.3 is 0 Å². The molecule has 0 saturated carbocycles. The summed E-state index contributed by atoms with van der Waals surface area (Å²) in [5.41, 5.74) is 1.33. The predicted octanol–water partition coefficient (Wildman–Crippen LogP) is 5.91. The monoisotopic (exact) mass is 541 g/mol. The number of nitrogens with one attached hydrogen (secondary N) is 1. The van der Waals surface area contributed by atoms with E-state index in [0.717, 1.165) is 0 Å². The first kappa shape index (κ1) is 25.8. The van der Waals surface area contributed by atoms with Crippen LogP contribution in [0.4, 0.5) is 28.4 Å². The predicted molar refractivity (Wildman–Crippen MR) is 136 cm³/mol. The van der Waals surface area contributed by atoms with E-state index in [1.165, 1.54) is 42.5 Å². The molecule has 0 aromatic heterocycles. The highest BCUT2D eigenvalue weighted by molar-refractivity contribution is 7.86. The van der Waals surface area contributed by atoms with Crippen molar-refractivity contribution in [3.63, 3.8) is 0 Å². The summed E-state index contributed by atoms with van der Waals surface area (Å²) in [4.78, 5) is -0.863. The van der Waals surface area contributed by atoms with E-state index in [9.17, 15) is 26.5 Å². The Bertz CT molecular complexity index is 1750. The molecule has 0 aliphatic carbocycles. The molecule has 0 atom stereocenters. The quantitative estimate of drug-likeness (QED) is 0.164. The summed E-state index contributed by atoms with van der Waals surface area (Å²) in [6, 6.07) is 17.3. The van der Waals surface area contributed by atoms with Crippen LogP contribution < -0.4 is 5.32 Å². The third kappa shape index (κ3) is 5.95. The third-order valence-corrected chi connectivity index (χ3v) is 6.88. The smallest absolute Gasteiger partial charge is 0.296 e. The number of hydrogen-bond donors (Lipinski definition) is 4. The zero-order chi connectivity index (χ0) is 26.8. The van der Waals surface area contributed by atoms with Crippen LogP contribution in [-0.4, -0.2) is 38.1 Å². The first-order chi connectivity index (χ1) is 17.5. The number of phenols is 1. The summed E-state index contributed by atoms with van der Waals surface area (Å²) in [7, 11) is -7.35. The summed E-state index contributed by atoms with van der Waals surface area (Å²) in [6.45, 7) is 0. The lowest BCUT2D eigenvalue weighted by Crippen LogP contribution is -1.99. The van der Waals surface area contributed by atoms with Gasteiger partial charge in [0.15, 0.2) is 5.75 Å². The van der Waals surface area contributed by atoms with Crippen molar-refractivity contribution in [2.45, 2.75) is 9.79 Å². The number of nitrogens with zero attached hydrogens (tertiary/aromatic N) is 4. The maximum absolute atomic E-state index is 12.0. The fraction of sp³-hybridized carbons (Fsp3) is 0.0435. The second kappa shape index (κ2) is 10.0. The Labute approximate surface area is 211 Å². The van der Waals surface area contributed by atoms with Gasteiger partial charge in [0.25, 0.3) is 20.2 Å². The van der Waals surface area contributed by atoms with Gasteiger partial charge in [-0.05, 0) is 78.2 Å². The van der Waals surface area contributed by atoms with Gasteiger partial charge in [0.1, 0.15) is 10.6 Å². The molecule has 0 aliphatic heterocycles. The van der Waals surface area contributed by atoms with Crippen molar-refractivity contribution in [3.8, 4) is 5.75 Å². The lowest BCUT2D eigenvalue weighted by atomic mass is 10.1. The molecule has 12 nitrogen and oxygen atoms in total. The van der Waals surface area contributed by atoms with Crippen LogP contribution >= 0.6 is 0 Å². The molecule has 0 bridgehead atoms. The number of hydrogen-bond acceptors (Lipinski definition) is 10. The van der Waals surface area contributed by atoms with Gasteiger partial charge in [-0.1, -0.05) is 0 Å². The van der Waals surface area contributed by atoms with Crippen molar-refractivity contribution in [3.05, 3.63) is 72.8 Å². The van der Waals surface area contributed by atoms with Crippen molar-refractivity contribution >= 4 is 59.4 Å². The minimum absolute atomic E-state index is 0.265. The maximum Gasteiger partial charge on any atom is 0.296 e. The summed E-state index contributed by atoms with van der Waals surface area (Å²) in [5, 5.41) is 30.1. The molecule has 0 unspecified atom stereocenters. The third-order valence-electron chi connectivity index (χ3n) is 5.15. The second-order valence-corrected chi connectivity index (χ2v) is 10.4. The number of rotatable bonds is 7. The summed E-state index contributed by atoms with van der Waals surface area (Å²) in [5.74, 6) is -0.457. The van der Waals surface area contributed by atoms with Crippen LogP contribution in [-0.2, 0) is 20.2 Å². The van der Waals surface area contributed by atoms with E-state index in [2.05, 4.69) is 25.8 Å². The maximum atomic E-state index is 12.0. The Morgan fingerprint density at radius 1 is 0.676 bits per heavy atom. The number of benzene rings is 4. The molecule has 4 aromatic carbocycles. The zero-order valence-electron chi connectivity index (χ0n) is 19.0. The first-order valence-corrected chi connectivity index (χ1v) is 13.3. The normalized spacial score (nSPS) is 12.5. The summed E-state index contributed by atoms with van der Waals surface area (Å²) >= 11 is 0. The van der Waals surface area contributed by atoms with Crippen LogP contribution in [0.5, 0.6) is 5.75 Å². The second-order valence-electron chi connectivity index (χ2n) is 7.62. The van der Waals surface area contributed by atoms with Crippen molar-refractivity contribution < 1.29 is 31.0 Å². The number of aromatic hydroxyl groups is 1. The van der Waals surface area contributed by atoms with E-state index in [1.54, 1.807) is 37.4 Å². The number of fused-ring (bicyclic) bond motifs is 1. The fourth-order valence-corrected chi connectivity index (χ4v) is 4.43. The van der Waals surface area contributed by atoms with Crippen LogP contribution in [0.1, 0.15) is 0 Å². The summed E-state index contributed by atoms with van der Waals surface area (Å²) < 4.78 is 64.9. The molecule has 37 heavy (non-hydrogen) atoms. The Balaban J connectivity index is 1.60. The van der Waals surface area contributed by atoms with Gasteiger partial charge in [0, 0.05) is 18.1 Å². The van der Waals surface area contributed by atoms with Gasteiger partial charge in [0.05, 0.1) is 22.0 Å². The number of anilines is 1. The van der Waals surface area contributed by atoms with Crippen LogP contribution in [0.25, 0.3) is 10.8 Å². The lowest BCUT2D eigenvalue weighted by Gasteiger charge is -2.10. The first-order valence-electron chi connectivity index (χ1n) is 10.4. The van der Waals surface area contributed by atoms with Crippen molar-refractivity contribution in [1.29, 1.82) is 0 Å². The molecule has 0 fully saturated rings. The van der Waals surface area contributed by atoms with Gasteiger partial charge in [0.2, 0.25) is 0 Å². The minimum Gasteiger partial charge on any atom is -0.505 e. The molecule has 14 heteroatoms. The van der Waals surface area contributed by atoms with E-state index in [1.807, 2.05) is 0 Å². The molecule has 190 valence electrons. The standard InChI is InChI=1S/C23H19N5O7S2/c1-24-18-8-11-20-14(12-18)13-21(37(33,34)35)22(23(20)29)28-27-16-4-2-15(3-5-16)25-26-17-6-9-19(10-7-17)36(30,31)32/h2-13,24,29H,1H3,(H,30,31,32)(H,33,34,35)/b26-25+,28-27+. The van der Waals surface area contributed by atoms with E-state index in [-0.39, 0.29) is 4.90 Å². The molecule has 0 heterocycles. The topological polar surface area (TPSA) is 190 Å². The molecule has 0 spiro atoms. The van der Waals surface area contributed by atoms with Crippen LogP contribution in [0.3, 0.4) is 0 Å². The summed E-state index contributed by atoms with van der Waals surface area (Å²) in [6.07, 6.45) is 0. The average Bonchev–Trinajstić information content (AvgIpc) is 2.86. The van der Waals surface area contributed by atoms with Crippen LogP contribution in [0, 0.1) is 0 Å². The highest BCUT2D eigenvalue weighted by atomic mass is 32.2. The van der Waals surface area contributed by atoms with Crippen molar-refractivity contribution in [2.24, 2.45) is 20.5 Å². The molecule has 0 aliphatic rings. The molecule has 0 radical (unpaired) electrons. The molecular formula is C23H19N5O7S2. The molecular weight excluding hydrogens is 522 g/mol. The van der Waals surface area contributed by atoms with Gasteiger partial charge < -0.3 is 10.4 Å². The minimum atomic E-state index is -4.73. The average molecular weight is 542 g/mol. The van der Waals surface area contributed by atoms with E-state index in [4.69, 9.17) is 4.55 Å². The molecule has 4 N–H and O–H groups in total. The molecule has 0 saturated heterocycles. The lowest BCUT2D eigenvalue weighted by molar-refractivity contribution is 0.472. The highest BCUT2D eigenvalue weighted by Gasteiger charge is 2.22. The Morgan fingerprint density at radius 2 is 1.19 bits per heavy atom.